The first-order valence-corrected chi connectivity index (χ1v) is 10.2. The number of carbonyl (C=O) groups excluding carboxylic acids is 1. The molecule has 2 aromatic rings. The molecule has 0 unspecified atom stereocenters. The number of carbonyl (C=O) groups is 1. The van der Waals surface area contributed by atoms with Gasteiger partial charge in [-0.2, -0.15) is 0 Å². The molecule has 0 bridgehead atoms. The largest absolute Gasteiger partial charge is 0.382 e. The van der Waals surface area contributed by atoms with Crippen LogP contribution in [0.25, 0.3) is 11.3 Å². The molecule has 0 saturated carbocycles. The Hall–Kier alpha value is -2.47. The molecule has 6 nitrogen and oxygen atoms in total. The molecule has 1 atom stereocenters. The lowest BCUT2D eigenvalue weighted by atomic mass is 9.97. The number of rotatable bonds is 8. The maximum absolute atomic E-state index is 12.5. The molecule has 0 spiro atoms. The molecule has 2 heterocycles. The lowest BCUT2D eigenvalue weighted by molar-refractivity contribution is -0.125. The summed E-state index contributed by atoms with van der Waals surface area (Å²) >= 11 is 0. The van der Waals surface area contributed by atoms with Crippen molar-refractivity contribution in [2.24, 2.45) is 5.92 Å². The molecule has 0 radical (unpaired) electrons. The summed E-state index contributed by atoms with van der Waals surface area (Å²) in [6, 6.07) is 12.3. The Balaban J connectivity index is 1.55. The van der Waals surface area contributed by atoms with Crippen LogP contribution in [0.3, 0.4) is 0 Å². The van der Waals surface area contributed by atoms with Crippen LogP contribution < -0.4 is 10.2 Å². The highest BCUT2D eigenvalue weighted by Crippen LogP contribution is 2.23. The van der Waals surface area contributed by atoms with Gasteiger partial charge in [0.1, 0.15) is 0 Å². The summed E-state index contributed by atoms with van der Waals surface area (Å²) in [5, 5.41) is 11.9. The second kappa shape index (κ2) is 10.2. The zero-order valence-electron chi connectivity index (χ0n) is 16.9. The van der Waals surface area contributed by atoms with Gasteiger partial charge in [0.05, 0.1) is 11.6 Å². The van der Waals surface area contributed by atoms with Crippen LogP contribution in [-0.2, 0) is 9.53 Å². The highest BCUT2D eigenvalue weighted by Gasteiger charge is 2.26. The monoisotopic (exact) mass is 382 g/mol. The molecular weight excluding hydrogens is 352 g/mol. The van der Waals surface area contributed by atoms with E-state index in [1.807, 2.05) is 19.1 Å². The number of aryl methyl sites for hydroxylation is 1. The van der Waals surface area contributed by atoms with E-state index in [0.29, 0.717) is 19.7 Å². The maximum atomic E-state index is 12.5. The van der Waals surface area contributed by atoms with Crippen molar-refractivity contribution in [1.29, 1.82) is 0 Å². The van der Waals surface area contributed by atoms with Crippen LogP contribution in [-0.4, -0.2) is 49.0 Å². The van der Waals surface area contributed by atoms with Gasteiger partial charge in [0.2, 0.25) is 5.91 Å². The smallest absolute Gasteiger partial charge is 0.224 e. The predicted octanol–water partition coefficient (Wildman–Crippen LogP) is 3.21. The van der Waals surface area contributed by atoms with Gasteiger partial charge in [-0.25, -0.2) is 0 Å². The van der Waals surface area contributed by atoms with E-state index < -0.39 is 0 Å². The summed E-state index contributed by atoms with van der Waals surface area (Å²) in [5.74, 6) is 0.967. The van der Waals surface area contributed by atoms with Gasteiger partial charge in [-0.1, -0.05) is 29.8 Å². The Morgan fingerprint density at radius 2 is 2.04 bits per heavy atom. The Bertz CT molecular complexity index is 746. The first-order chi connectivity index (χ1) is 13.7. The minimum absolute atomic E-state index is 0.000538. The number of hydrogen-bond donors (Lipinski definition) is 1. The van der Waals surface area contributed by atoms with Crippen LogP contribution >= 0.6 is 0 Å². The zero-order valence-corrected chi connectivity index (χ0v) is 16.9. The fourth-order valence-electron chi connectivity index (χ4n) is 3.45. The van der Waals surface area contributed by atoms with E-state index in [9.17, 15) is 4.79 Å². The van der Waals surface area contributed by atoms with Crippen molar-refractivity contribution in [3.63, 3.8) is 0 Å². The van der Waals surface area contributed by atoms with Crippen molar-refractivity contribution in [2.45, 2.75) is 33.1 Å². The topological polar surface area (TPSA) is 67.3 Å². The number of hydrogen-bond acceptors (Lipinski definition) is 5. The fraction of sp³-hybridized carbons (Fsp3) is 0.500. The number of ether oxygens (including phenoxy) is 1. The molecule has 1 N–H and O–H groups in total. The Kier molecular flexibility index (Phi) is 7.37. The molecule has 1 aliphatic rings. The van der Waals surface area contributed by atoms with Gasteiger partial charge in [0.15, 0.2) is 5.82 Å². The molecule has 28 heavy (non-hydrogen) atoms. The highest BCUT2D eigenvalue weighted by atomic mass is 16.5. The number of benzene rings is 1. The third-order valence-electron chi connectivity index (χ3n) is 5.08. The molecule has 150 valence electrons. The van der Waals surface area contributed by atoms with E-state index in [1.165, 1.54) is 5.56 Å². The normalized spacial score (nSPS) is 16.8. The first kappa shape index (κ1) is 20.3. The Morgan fingerprint density at radius 3 is 2.75 bits per heavy atom. The SMILES string of the molecule is CCOCCCNC(=O)[C@@H]1CCCN(c2ccc(-c3ccc(C)cc3)nn2)C1. The number of piperidine rings is 1. The van der Waals surface area contributed by atoms with E-state index >= 15 is 0 Å². The van der Waals surface area contributed by atoms with Gasteiger partial charge in [0, 0.05) is 38.4 Å². The number of nitrogens with zero attached hydrogens (tertiary/aromatic N) is 3. The van der Waals surface area contributed by atoms with E-state index in [-0.39, 0.29) is 11.8 Å². The standard InChI is InChI=1S/C22H30N4O2/c1-3-28-15-5-13-23-22(27)19-6-4-14-26(16-19)21-12-11-20(24-25-21)18-9-7-17(2)8-10-18/h7-12,19H,3-6,13-16H2,1-2H3,(H,23,27)/t19-/m1/s1. The van der Waals surface area contributed by atoms with Crippen LogP contribution in [0.2, 0.25) is 0 Å². The van der Waals surface area contributed by atoms with E-state index in [2.05, 4.69) is 51.6 Å². The summed E-state index contributed by atoms with van der Waals surface area (Å²) in [6.45, 7) is 7.72. The maximum Gasteiger partial charge on any atom is 0.224 e. The molecule has 1 fully saturated rings. The molecule has 1 aromatic carbocycles. The lowest BCUT2D eigenvalue weighted by Crippen LogP contribution is -2.43. The minimum atomic E-state index is -0.000538. The van der Waals surface area contributed by atoms with Crippen molar-refractivity contribution >= 4 is 11.7 Å². The van der Waals surface area contributed by atoms with Crippen LogP contribution in [0.15, 0.2) is 36.4 Å². The third-order valence-corrected chi connectivity index (χ3v) is 5.08. The van der Waals surface area contributed by atoms with E-state index in [0.717, 1.165) is 49.5 Å². The van der Waals surface area contributed by atoms with Crippen molar-refractivity contribution in [1.82, 2.24) is 15.5 Å². The van der Waals surface area contributed by atoms with Gasteiger partial charge in [-0.15, -0.1) is 10.2 Å². The number of anilines is 1. The molecule has 3 rings (SSSR count). The highest BCUT2D eigenvalue weighted by molar-refractivity contribution is 5.79. The summed E-state index contributed by atoms with van der Waals surface area (Å²) < 4.78 is 5.31. The third kappa shape index (κ3) is 5.52. The molecular formula is C22H30N4O2. The summed E-state index contributed by atoms with van der Waals surface area (Å²) in [6.07, 6.45) is 2.75. The lowest BCUT2D eigenvalue weighted by Gasteiger charge is -2.32. The summed E-state index contributed by atoms with van der Waals surface area (Å²) in [7, 11) is 0. The molecule has 1 saturated heterocycles. The second-order valence-corrected chi connectivity index (χ2v) is 7.27. The van der Waals surface area contributed by atoms with Gasteiger partial charge in [-0.3, -0.25) is 4.79 Å². The molecule has 1 aromatic heterocycles. The molecule has 0 aliphatic carbocycles. The van der Waals surface area contributed by atoms with Crippen LogP contribution in [0, 0.1) is 12.8 Å². The average molecular weight is 383 g/mol. The van der Waals surface area contributed by atoms with Crippen molar-refractivity contribution in [3.05, 3.63) is 42.0 Å². The Labute approximate surface area is 167 Å². The van der Waals surface area contributed by atoms with E-state index in [1.54, 1.807) is 0 Å². The zero-order chi connectivity index (χ0) is 19.8. The van der Waals surface area contributed by atoms with Crippen LogP contribution in [0.1, 0.15) is 31.7 Å². The van der Waals surface area contributed by atoms with Gasteiger partial charge < -0.3 is 15.0 Å². The van der Waals surface area contributed by atoms with Gasteiger partial charge >= 0.3 is 0 Å². The fourth-order valence-corrected chi connectivity index (χ4v) is 3.45. The van der Waals surface area contributed by atoms with Gasteiger partial charge in [-0.05, 0) is 45.2 Å². The number of aromatic nitrogens is 2. The molecule has 6 heteroatoms. The van der Waals surface area contributed by atoms with Crippen LogP contribution in [0.5, 0.6) is 0 Å². The quantitative estimate of drug-likeness (QED) is 0.710. The number of amides is 1. The second-order valence-electron chi connectivity index (χ2n) is 7.27. The van der Waals surface area contributed by atoms with Crippen molar-refractivity contribution in [2.75, 3.05) is 37.7 Å². The predicted molar refractivity (Wildman–Crippen MR) is 111 cm³/mol. The first-order valence-electron chi connectivity index (χ1n) is 10.2. The Morgan fingerprint density at radius 1 is 1.21 bits per heavy atom. The molecule has 1 amide bonds. The van der Waals surface area contributed by atoms with Crippen LogP contribution in [0.4, 0.5) is 5.82 Å². The van der Waals surface area contributed by atoms with Crippen molar-refractivity contribution < 1.29 is 9.53 Å². The summed E-state index contributed by atoms with van der Waals surface area (Å²) in [5.41, 5.74) is 3.15. The summed E-state index contributed by atoms with van der Waals surface area (Å²) in [4.78, 5) is 14.6. The molecule has 1 aliphatic heterocycles. The number of nitrogens with one attached hydrogen (secondary N) is 1. The van der Waals surface area contributed by atoms with Crippen molar-refractivity contribution in [3.8, 4) is 11.3 Å². The van der Waals surface area contributed by atoms with E-state index in [4.69, 9.17) is 4.74 Å². The van der Waals surface area contributed by atoms with Gasteiger partial charge in [0.25, 0.3) is 0 Å². The average Bonchev–Trinajstić information content (AvgIpc) is 2.74. The minimum Gasteiger partial charge on any atom is -0.382 e.